The molecule has 0 aliphatic carbocycles. The number of carbonyl (C=O) groups excluding carboxylic acids is 1. The molecule has 78 valence electrons. The molecule has 0 saturated carbocycles. The molecule has 0 fully saturated rings. The first-order valence-corrected chi connectivity index (χ1v) is 4.36. The number of amides is 1. The molecule has 0 heterocycles. The molecule has 0 unspecified atom stereocenters. The van der Waals surface area contributed by atoms with Crippen LogP contribution in [0.5, 0.6) is 0 Å². The Morgan fingerprint density at radius 2 is 1.92 bits per heavy atom. The molecule has 0 aromatic heterocycles. The second kappa shape index (κ2) is 9.55. The van der Waals surface area contributed by atoms with Gasteiger partial charge in [0.25, 0.3) is 0 Å². The number of rotatable bonds is 5. The maximum atomic E-state index is 11.3. The lowest BCUT2D eigenvalue weighted by molar-refractivity contribution is -0.125. The Morgan fingerprint density at radius 1 is 1.38 bits per heavy atom. The number of likely N-dealkylation sites (N-methyl/N-ethyl adjacent to an activating group) is 2. The fourth-order valence-electron chi connectivity index (χ4n) is 0.918. The largest absolute Gasteiger partial charge is 0.340 e. The van der Waals surface area contributed by atoms with Crippen LogP contribution in [0.4, 0.5) is 0 Å². The minimum Gasteiger partial charge on any atom is -0.340 e. The van der Waals surface area contributed by atoms with Crippen LogP contribution in [-0.2, 0) is 4.79 Å². The van der Waals surface area contributed by atoms with Crippen molar-refractivity contribution in [3.63, 3.8) is 0 Å². The highest BCUT2D eigenvalue weighted by Gasteiger charge is 2.03. The van der Waals surface area contributed by atoms with E-state index in [0.29, 0.717) is 0 Å². The SMILES string of the molecule is CCN(CC)C(=O)/C=C/CNC.Cl. The highest BCUT2D eigenvalue weighted by Crippen LogP contribution is 1.89. The van der Waals surface area contributed by atoms with Gasteiger partial charge in [0.15, 0.2) is 0 Å². The van der Waals surface area contributed by atoms with Crippen LogP contribution in [0.3, 0.4) is 0 Å². The van der Waals surface area contributed by atoms with E-state index in [1.165, 1.54) is 0 Å². The van der Waals surface area contributed by atoms with Crippen molar-refractivity contribution in [3.8, 4) is 0 Å². The first kappa shape index (κ1) is 15.0. The van der Waals surface area contributed by atoms with Gasteiger partial charge in [-0.15, -0.1) is 12.4 Å². The van der Waals surface area contributed by atoms with Crippen molar-refractivity contribution in [2.75, 3.05) is 26.7 Å². The molecule has 4 heteroatoms. The first-order valence-electron chi connectivity index (χ1n) is 4.36. The van der Waals surface area contributed by atoms with Crippen LogP contribution in [0.1, 0.15) is 13.8 Å². The van der Waals surface area contributed by atoms with Crippen molar-refractivity contribution in [1.29, 1.82) is 0 Å². The summed E-state index contributed by atoms with van der Waals surface area (Å²) in [5, 5.41) is 2.94. The second-order valence-corrected chi connectivity index (χ2v) is 2.47. The molecule has 0 atom stereocenters. The van der Waals surface area contributed by atoms with Gasteiger partial charge >= 0.3 is 0 Å². The molecular formula is C9H19ClN2O. The highest BCUT2D eigenvalue weighted by atomic mass is 35.5. The number of hydrogen-bond donors (Lipinski definition) is 1. The predicted molar refractivity (Wildman–Crippen MR) is 58.2 cm³/mol. The van der Waals surface area contributed by atoms with E-state index in [1.807, 2.05) is 27.0 Å². The van der Waals surface area contributed by atoms with Crippen LogP contribution < -0.4 is 5.32 Å². The molecule has 0 aliphatic rings. The van der Waals surface area contributed by atoms with Gasteiger partial charge in [0.2, 0.25) is 5.91 Å². The molecule has 13 heavy (non-hydrogen) atoms. The topological polar surface area (TPSA) is 32.3 Å². The Bertz CT molecular complexity index is 156. The standard InChI is InChI=1S/C9H18N2O.ClH/c1-4-11(5-2)9(12)7-6-8-10-3;/h6-7,10H,4-5,8H2,1-3H3;1H/b7-6+;. The zero-order valence-electron chi connectivity index (χ0n) is 8.54. The van der Waals surface area contributed by atoms with Crippen molar-refractivity contribution in [3.05, 3.63) is 12.2 Å². The van der Waals surface area contributed by atoms with Gasteiger partial charge in [0.05, 0.1) is 0 Å². The molecular weight excluding hydrogens is 188 g/mol. The second-order valence-electron chi connectivity index (χ2n) is 2.47. The summed E-state index contributed by atoms with van der Waals surface area (Å²) in [7, 11) is 1.85. The monoisotopic (exact) mass is 206 g/mol. The average Bonchev–Trinajstić information content (AvgIpc) is 2.07. The number of nitrogens with zero attached hydrogens (tertiary/aromatic N) is 1. The normalized spacial score (nSPS) is 9.77. The molecule has 1 N–H and O–H groups in total. The summed E-state index contributed by atoms with van der Waals surface area (Å²) in [6.07, 6.45) is 3.45. The van der Waals surface area contributed by atoms with Crippen molar-refractivity contribution in [1.82, 2.24) is 10.2 Å². The van der Waals surface area contributed by atoms with E-state index < -0.39 is 0 Å². The predicted octanol–water partition coefficient (Wildman–Crippen LogP) is 1.05. The third-order valence-electron chi connectivity index (χ3n) is 1.66. The molecule has 0 aliphatic heterocycles. The van der Waals surface area contributed by atoms with Gasteiger partial charge in [-0.25, -0.2) is 0 Å². The van der Waals surface area contributed by atoms with Gasteiger partial charge in [-0.3, -0.25) is 4.79 Å². The third-order valence-corrected chi connectivity index (χ3v) is 1.66. The van der Waals surface area contributed by atoms with Crippen LogP contribution in [-0.4, -0.2) is 37.5 Å². The lowest BCUT2D eigenvalue weighted by atomic mass is 10.4. The molecule has 0 saturated heterocycles. The summed E-state index contributed by atoms with van der Waals surface area (Å²) in [5.74, 6) is 0.0928. The molecule has 0 rings (SSSR count). The van der Waals surface area contributed by atoms with E-state index in [9.17, 15) is 4.79 Å². The molecule has 1 amide bonds. The van der Waals surface area contributed by atoms with Gasteiger partial charge in [-0.2, -0.15) is 0 Å². The van der Waals surface area contributed by atoms with Crippen LogP contribution in [0.25, 0.3) is 0 Å². The Kier molecular flexibility index (Phi) is 11.0. The van der Waals surface area contributed by atoms with Crippen molar-refractivity contribution in [2.45, 2.75) is 13.8 Å². The summed E-state index contributed by atoms with van der Waals surface area (Å²) in [5.41, 5.74) is 0. The van der Waals surface area contributed by atoms with Crippen molar-refractivity contribution < 1.29 is 4.79 Å². The van der Waals surface area contributed by atoms with E-state index in [0.717, 1.165) is 19.6 Å². The summed E-state index contributed by atoms with van der Waals surface area (Å²) in [4.78, 5) is 13.1. The Morgan fingerprint density at radius 3 is 2.31 bits per heavy atom. The fourth-order valence-corrected chi connectivity index (χ4v) is 0.918. The molecule has 0 aromatic carbocycles. The number of nitrogens with one attached hydrogen (secondary N) is 1. The number of hydrogen-bond acceptors (Lipinski definition) is 2. The minimum absolute atomic E-state index is 0. The molecule has 0 radical (unpaired) electrons. The minimum atomic E-state index is 0. The van der Waals surface area contributed by atoms with Gasteiger partial charge in [-0.05, 0) is 20.9 Å². The summed E-state index contributed by atoms with van der Waals surface area (Å²) >= 11 is 0. The smallest absolute Gasteiger partial charge is 0.246 e. The molecule has 0 spiro atoms. The van der Waals surface area contributed by atoms with Crippen LogP contribution in [0.2, 0.25) is 0 Å². The Balaban J connectivity index is 0. The first-order chi connectivity index (χ1) is 5.76. The number of carbonyl (C=O) groups is 1. The zero-order chi connectivity index (χ0) is 9.40. The molecule has 0 bridgehead atoms. The maximum Gasteiger partial charge on any atom is 0.246 e. The van der Waals surface area contributed by atoms with Gasteiger partial charge < -0.3 is 10.2 Å². The van der Waals surface area contributed by atoms with Gasteiger partial charge in [0, 0.05) is 25.7 Å². The van der Waals surface area contributed by atoms with E-state index in [2.05, 4.69) is 5.32 Å². The fraction of sp³-hybridized carbons (Fsp3) is 0.667. The van der Waals surface area contributed by atoms with Crippen molar-refractivity contribution in [2.24, 2.45) is 0 Å². The third kappa shape index (κ3) is 6.61. The van der Waals surface area contributed by atoms with Gasteiger partial charge in [-0.1, -0.05) is 6.08 Å². The Labute approximate surface area is 86.6 Å². The quantitative estimate of drug-likeness (QED) is 0.683. The average molecular weight is 207 g/mol. The van der Waals surface area contributed by atoms with E-state index in [1.54, 1.807) is 11.0 Å². The molecule has 0 aromatic rings. The van der Waals surface area contributed by atoms with E-state index in [-0.39, 0.29) is 18.3 Å². The highest BCUT2D eigenvalue weighted by molar-refractivity contribution is 5.87. The van der Waals surface area contributed by atoms with Crippen molar-refractivity contribution >= 4 is 18.3 Å². The lowest BCUT2D eigenvalue weighted by Crippen LogP contribution is -2.28. The van der Waals surface area contributed by atoms with Crippen LogP contribution >= 0.6 is 12.4 Å². The lowest BCUT2D eigenvalue weighted by Gasteiger charge is -2.15. The van der Waals surface area contributed by atoms with Crippen LogP contribution in [0, 0.1) is 0 Å². The summed E-state index contributed by atoms with van der Waals surface area (Å²) < 4.78 is 0. The van der Waals surface area contributed by atoms with Gasteiger partial charge in [0.1, 0.15) is 0 Å². The Hall–Kier alpha value is -0.540. The van der Waals surface area contributed by atoms with E-state index >= 15 is 0 Å². The number of halogens is 1. The summed E-state index contributed by atoms with van der Waals surface area (Å²) in [6.45, 7) is 6.26. The van der Waals surface area contributed by atoms with Crippen LogP contribution in [0.15, 0.2) is 12.2 Å². The maximum absolute atomic E-state index is 11.3. The summed E-state index contributed by atoms with van der Waals surface area (Å²) in [6, 6.07) is 0. The zero-order valence-corrected chi connectivity index (χ0v) is 9.36. The molecule has 3 nitrogen and oxygen atoms in total. The van der Waals surface area contributed by atoms with E-state index in [4.69, 9.17) is 0 Å².